The van der Waals surface area contributed by atoms with Crippen LogP contribution in [-0.2, 0) is 16.6 Å². The summed E-state index contributed by atoms with van der Waals surface area (Å²) in [6.07, 6.45) is -0.241. The van der Waals surface area contributed by atoms with Crippen LogP contribution in [0.15, 0.2) is 54.6 Å². The molecule has 1 unspecified atom stereocenters. The molecule has 2 aliphatic rings. The van der Waals surface area contributed by atoms with Crippen molar-refractivity contribution in [3.63, 3.8) is 0 Å². The van der Waals surface area contributed by atoms with Crippen LogP contribution in [0.2, 0.25) is 0 Å². The van der Waals surface area contributed by atoms with Gasteiger partial charge >= 0.3 is 12.1 Å². The van der Waals surface area contributed by atoms with Crippen LogP contribution < -0.4 is 5.32 Å². The van der Waals surface area contributed by atoms with E-state index in [4.69, 9.17) is 9.84 Å². The highest BCUT2D eigenvalue weighted by atomic mass is 16.5. The van der Waals surface area contributed by atoms with Crippen molar-refractivity contribution in [2.24, 2.45) is 13.0 Å². The second-order valence-corrected chi connectivity index (χ2v) is 8.56. The van der Waals surface area contributed by atoms with E-state index in [1.807, 2.05) is 36.4 Å². The molecule has 0 spiro atoms. The number of nitrogens with one attached hydrogen (secondary N) is 1. The number of aliphatic carboxylic acids is 1. The van der Waals surface area contributed by atoms with Crippen molar-refractivity contribution < 1.29 is 24.2 Å². The minimum absolute atomic E-state index is 0.0589. The highest BCUT2D eigenvalue weighted by Crippen LogP contribution is 2.44. The highest BCUT2D eigenvalue weighted by Gasteiger charge is 2.33. The van der Waals surface area contributed by atoms with Gasteiger partial charge in [-0.3, -0.25) is 19.6 Å². The largest absolute Gasteiger partial charge is 0.481 e. The van der Waals surface area contributed by atoms with Gasteiger partial charge in [0.25, 0.3) is 5.91 Å². The normalized spacial score (nSPS) is 16.7. The number of carboxylic acid groups (broad SMARTS) is 1. The number of anilines is 1. The predicted molar refractivity (Wildman–Crippen MR) is 124 cm³/mol. The molecule has 1 aliphatic carbocycles. The molecule has 0 saturated carbocycles. The van der Waals surface area contributed by atoms with Crippen LogP contribution >= 0.6 is 0 Å². The van der Waals surface area contributed by atoms with Gasteiger partial charge in [0.2, 0.25) is 0 Å². The predicted octanol–water partition coefficient (Wildman–Crippen LogP) is 3.33. The van der Waals surface area contributed by atoms with E-state index in [2.05, 4.69) is 22.5 Å². The molecule has 0 radical (unpaired) electrons. The smallest absolute Gasteiger partial charge is 0.412 e. The second kappa shape index (κ2) is 8.66. The van der Waals surface area contributed by atoms with E-state index in [1.54, 1.807) is 7.05 Å². The van der Waals surface area contributed by atoms with Gasteiger partial charge in [0.1, 0.15) is 12.3 Å². The van der Waals surface area contributed by atoms with Gasteiger partial charge in [-0.25, -0.2) is 4.79 Å². The van der Waals surface area contributed by atoms with Gasteiger partial charge in [-0.05, 0) is 28.7 Å². The van der Waals surface area contributed by atoms with Crippen LogP contribution in [0, 0.1) is 5.92 Å². The van der Waals surface area contributed by atoms with Crippen molar-refractivity contribution in [1.29, 1.82) is 0 Å². The van der Waals surface area contributed by atoms with E-state index >= 15 is 0 Å². The summed E-state index contributed by atoms with van der Waals surface area (Å²) < 4.78 is 6.90. The summed E-state index contributed by atoms with van der Waals surface area (Å²) in [7, 11) is 1.60. The molecule has 2 amide bonds. The number of aromatic nitrogens is 2. The molecule has 3 aromatic rings. The molecule has 1 aromatic heterocycles. The molecule has 1 atom stereocenters. The molecule has 1 aliphatic heterocycles. The number of likely N-dealkylation sites (tertiary alicyclic amines) is 1. The van der Waals surface area contributed by atoms with Crippen LogP contribution in [-0.4, -0.2) is 57.5 Å². The molecule has 1 saturated heterocycles. The SMILES string of the molecule is Cn1nc(NC(=O)OCC2c3ccccc3-c3ccccc32)cc1C(=O)N1CCC(C(=O)O)C1. The Hall–Kier alpha value is -4.14. The van der Waals surface area contributed by atoms with Crippen LogP contribution in [0.25, 0.3) is 11.1 Å². The quantitative estimate of drug-likeness (QED) is 0.604. The molecular formula is C25H24N4O5. The average Bonchev–Trinajstić information content (AvgIpc) is 3.53. The fourth-order valence-electron chi connectivity index (χ4n) is 4.78. The second-order valence-electron chi connectivity index (χ2n) is 8.56. The molecule has 2 N–H and O–H groups in total. The lowest BCUT2D eigenvalue weighted by Crippen LogP contribution is -2.31. The van der Waals surface area contributed by atoms with E-state index in [0.29, 0.717) is 13.0 Å². The van der Waals surface area contributed by atoms with E-state index in [0.717, 1.165) is 22.3 Å². The third-order valence-electron chi connectivity index (χ3n) is 6.50. The maximum Gasteiger partial charge on any atom is 0.412 e. The Morgan fingerprint density at radius 3 is 2.35 bits per heavy atom. The first-order valence-electron chi connectivity index (χ1n) is 11.1. The Balaban J connectivity index is 1.23. The lowest BCUT2D eigenvalue weighted by Gasteiger charge is -2.15. The third-order valence-corrected chi connectivity index (χ3v) is 6.50. The zero-order valence-corrected chi connectivity index (χ0v) is 18.6. The van der Waals surface area contributed by atoms with Crippen LogP contribution in [0.5, 0.6) is 0 Å². The summed E-state index contributed by atoms with van der Waals surface area (Å²) in [5.74, 6) is -1.65. The Morgan fingerprint density at radius 2 is 1.74 bits per heavy atom. The summed E-state index contributed by atoms with van der Waals surface area (Å²) in [4.78, 5) is 38.0. The minimum atomic E-state index is -0.905. The number of carboxylic acids is 1. The van der Waals surface area contributed by atoms with Crippen molar-refractivity contribution in [2.75, 3.05) is 25.0 Å². The summed E-state index contributed by atoms with van der Waals surface area (Å²) in [6, 6.07) is 17.6. The van der Waals surface area contributed by atoms with E-state index < -0.39 is 18.0 Å². The maximum atomic E-state index is 12.8. The molecule has 9 heteroatoms. The van der Waals surface area contributed by atoms with Crippen molar-refractivity contribution in [2.45, 2.75) is 12.3 Å². The molecular weight excluding hydrogens is 436 g/mol. The number of carbonyl (C=O) groups is 3. The first kappa shape index (κ1) is 21.7. The van der Waals surface area contributed by atoms with Crippen LogP contribution in [0.1, 0.15) is 34.0 Å². The Bertz CT molecular complexity index is 1240. The number of rotatable bonds is 5. The molecule has 174 valence electrons. The lowest BCUT2D eigenvalue weighted by molar-refractivity contribution is -0.141. The number of nitrogens with zero attached hydrogens (tertiary/aromatic N) is 3. The number of carbonyl (C=O) groups excluding carboxylic acids is 2. The topological polar surface area (TPSA) is 114 Å². The van der Waals surface area contributed by atoms with Gasteiger partial charge in [-0.1, -0.05) is 48.5 Å². The van der Waals surface area contributed by atoms with Gasteiger partial charge in [-0.2, -0.15) is 5.10 Å². The first-order chi connectivity index (χ1) is 16.4. The van der Waals surface area contributed by atoms with Crippen molar-refractivity contribution in [3.8, 4) is 11.1 Å². The zero-order chi connectivity index (χ0) is 23.8. The summed E-state index contributed by atoms with van der Waals surface area (Å²) in [6.45, 7) is 0.702. The fourth-order valence-corrected chi connectivity index (χ4v) is 4.78. The standard InChI is InChI=1S/C25H24N4O5/c1-28-21(23(30)29-11-10-15(13-29)24(31)32)12-22(27-28)26-25(33)34-14-20-18-8-4-2-6-16(18)17-7-3-5-9-19(17)20/h2-9,12,15,20H,10-11,13-14H2,1H3,(H,31,32)(H,26,27,33). The zero-order valence-electron chi connectivity index (χ0n) is 18.6. The third kappa shape index (κ3) is 3.89. The Labute approximate surface area is 195 Å². The molecule has 2 heterocycles. The summed E-state index contributed by atoms with van der Waals surface area (Å²) in [5, 5.41) is 15.9. The van der Waals surface area contributed by atoms with Crippen molar-refractivity contribution in [1.82, 2.24) is 14.7 Å². The number of hydrogen-bond acceptors (Lipinski definition) is 5. The Kier molecular flexibility index (Phi) is 5.53. The molecule has 9 nitrogen and oxygen atoms in total. The van der Waals surface area contributed by atoms with Gasteiger partial charge in [0.05, 0.1) is 5.92 Å². The van der Waals surface area contributed by atoms with E-state index in [1.165, 1.54) is 15.6 Å². The van der Waals surface area contributed by atoms with E-state index in [-0.39, 0.29) is 36.5 Å². The highest BCUT2D eigenvalue weighted by molar-refractivity contribution is 5.95. The van der Waals surface area contributed by atoms with Crippen molar-refractivity contribution in [3.05, 3.63) is 71.4 Å². The lowest BCUT2D eigenvalue weighted by atomic mass is 9.98. The summed E-state index contributed by atoms with van der Waals surface area (Å²) in [5.41, 5.74) is 4.79. The number of benzene rings is 2. The van der Waals surface area contributed by atoms with Crippen LogP contribution in [0.3, 0.4) is 0 Å². The first-order valence-corrected chi connectivity index (χ1v) is 11.1. The number of fused-ring (bicyclic) bond motifs is 3. The summed E-state index contributed by atoms with van der Waals surface area (Å²) >= 11 is 0. The maximum absolute atomic E-state index is 12.8. The number of aryl methyl sites for hydroxylation is 1. The average molecular weight is 460 g/mol. The minimum Gasteiger partial charge on any atom is -0.481 e. The molecule has 1 fully saturated rings. The van der Waals surface area contributed by atoms with Gasteiger partial charge in [0.15, 0.2) is 5.82 Å². The Morgan fingerprint density at radius 1 is 1.09 bits per heavy atom. The fraction of sp³-hybridized carbons (Fsp3) is 0.280. The van der Waals surface area contributed by atoms with Gasteiger partial charge in [0, 0.05) is 32.1 Å². The molecule has 34 heavy (non-hydrogen) atoms. The van der Waals surface area contributed by atoms with Crippen LogP contribution in [0.4, 0.5) is 10.6 Å². The number of amides is 2. The molecule has 0 bridgehead atoms. The number of ether oxygens (including phenoxy) is 1. The molecule has 5 rings (SSSR count). The number of hydrogen-bond donors (Lipinski definition) is 2. The van der Waals surface area contributed by atoms with Gasteiger partial charge < -0.3 is 14.7 Å². The monoisotopic (exact) mass is 460 g/mol. The van der Waals surface area contributed by atoms with Crippen molar-refractivity contribution >= 4 is 23.8 Å². The van der Waals surface area contributed by atoms with E-state index in [9.17, 15) is 14.4 Å². The van der Waals surface area contributed by atoms with Gasteiger partial charge in [-0.15, -0.1) is 0 Å². The molecule has 2 aromatic carbocycles.